The number of halogens is 2. The number of benzene rings is 2. The lowest BCUT2D eigenvalue weighted by atomic mass is 10.1. The van der Waals surface area contributed by atoms with Crippen molar-refractivity contribution < 1.29 is 13.4 Å². The van der Waals surface area contributed by atoms with Gasteiger partial charge in [-0.25, -0.2) is 4.39 Å². The number of ketones is 1. The molecule has 0 bridgehead atoms. The molecule has 0 aliphatic carbocycles. The molecule has 0 amide bonds. The molecule has 2 aromatic carbocycles. The van der Waals surface area contributed by atoms with Crippen LogP contribution in [0.15, 0.2) is 57.9 Å². The molecule has 21 heavy (non-hydrogen) atoms. The molecular formula is C16H14BrFO2S. The van der Waals surface area contributed by atoms with Crippen molar-refractivity contribution in [1.29, 1.82) is 0 Å². The Balaban J connectivity index is 1.83. The van der Waals surface area contributed by atoms with Gasteiger partial charge in [-0.15, -0.1) is 0 Å². The summed E-state index contributed by atoms with van der Waals surface area (Å²) in [6, 6.07) is 12.8. The first-order chi connectivity index (χ1) is 10.1. The lowest BCUT2D eigenvalue weighted by Crippen LogP contribution is -2.04. The van der Waals surface area contributed by atoms with Crippen LogP contribution in [0.2, 0.25) is 0 Å². The van der Waals surface area contributed by atoms with Crippen molar-refractivity contribution in [3.8, 4) is 0 Å². The van der Waals surface area contributed by atoms with Crippen molar-refractivity contribution >= 4 is 32.5 Å². The van der Waals surface area contributed by atoms with E-state index in [1.165, 1.54) is 24.3 Å². The second kappa shape index (κ2) is 7.61. The summed E-state index contributed by atoms with van der Waals surface area (Å²) in [5.74, 6) is 0.0910. The van der Waals surface area contributed by atoms with Gasteiger partial charge >= 0.3 is 0 Å². The highest BCUT2D eigenvalue weighted by atomic mass is 79.9. The molecule has 2 rings (SSSR count). The van der Waals surface area contributed by atoms with E-state index >= 15 is 0 Å². The second-order valence-electron chi connectivity index (χ2n) is 4.54. The van der Waals surface area contributed by atoms with E-state index in [2.05, 4.69) is 15.9 Å². The molecule has 0 spiro atoms. The first-order valence-corrected chi connectivity index (χ1v) is 8.60. The molecule has 0 heterocycles. The largest absolute Gasteiger partial charge is 0.294 e. The van der Waals surface area contributed by atoms with Gasteiger partial charge in [0, 0.05) is 27.1 Å². The lowest BCUT2D eigenvalue weighted by Gasteiger charge is -2.03. The van der Waals surface area contributed by atoms with Crippen molar-refractivity contribution in [3.63, 3.8) is 0 Å². The van der Waals surface area contributed by atoms with Gasteiger partial charge < -0.3 is 0 Å². The average Bonchev–Trinajstić information content (AvgIpc) is 2.48. The number of hydrogen-bond acceptors (Lipinski definition) is 2. The summed E-state index contributed by atoms with van der Waals surface area (Å²) in [6.45, 7) is 0. The minimum atomic E-state index is -1.19. The number of rotatable bonds is 6. The van der Waals surface area contributed by atoms with Crippen molar-refractivity contribution in [3.05, 3.63) is 64.4 Å². The van der Waals surface area contributed by atoms with Crippen LogP contribution in [-0.2, 0) is 10.8 Å². The Morgan fingerprint density at radius 1 is 1.05 bits per heavy atom. The van der Waals surface area contributed by atoms with Crippen LogP contribution in [0.3, 0.4) is 0 Å². The monoisotopic (exact) mass is 368 g/mol. The number of carbonyl (C=O) groups excluding carboxylic acids is 1. The summed E-state index contributed by atoms with van der Waals surface area (Å²) in [7, 11) is -1.19. The Morgan fingerprint density at radius 2 is 1.67 bits per heavy atom. The van der Waals surface area contributed by atoms with Gasteiger partial charge in [0.25, 0.3) is 0 Å². The van der Waals surface area contributed by atoms with Crippen LogP contribution < -0.4 is 0 Å². The van der Waals surface area contributed by atoms with E-state index in [0.29, 0.717) is 29.1 Å². The van der Waals surface area contributed by atoms with Crippen LogP contribution in [0.5, 0.6) is 0 Å². The van der Waals surface area contributed by atoms with E-state index in [0.717, 1.165) is 4.47 Å². The SMILES string of the molecule is O=C(CCCS(=O)c1ccc(F)cc1)c1ccc(Br)cc1. The number of hydrogen-bond donors (Lipinski definition) is 0. The van der Waals surface area contributed by atoms with Gasteiger partial charge in [0.2, 0.25) is 0 Å². The van der Waals surface area contributed by atoms with Crippen molar-refractivity contribution in [2.45, 2.75) is 17.7 Å². The van der Waals surface area contributed by atoms with Crippen LogP contribution in [0, 0.1) is 5.82 Å². The summed E-state index contributed by atoms with van der Waals surface area (Å²) < 4.78 is 25.7. The molecule has 0 radical (unpaired) electrons. The molecule has 1 atom stereocenters. The average molecular weight is 369 g/mol. The lowest BCUT2D eigenvalue weighted by molar-refractivity contribution is 0.0982. The number of carbonyl (C=O) groups is 1. The first kappa shape index (κ1) is 16.0. The molecule has 0 fully saturated rings. The zero-order valence-corrected chi connectivity index (χ0v) is 13.6. The summed E-state index contributed by atoms with van der Waals surface area (Å²) in [6.07, 6.45) is 0.896. The maximum atomic E-state index is 12.8. The predicted molar refractivity (Wildman–Crippen MR) is 85.4 cm³/mol. The first-order valence-electron chi connectivity index (χ1n) is 6.49. The molecule has 2 aromatic rings. The quantitative estimate of drug-likeness (QED) is 0.709. The zero-order chi connectivity index (χ0) is 15.2. The predicted octanol–water partition coefficient (Wildman–Crippen LogP) is 4.36. The Morgan fingerprint density at radius 3 is 2.29 bits per heavy atom. The van der Waals surface area contributed by atoms with Gasteiger partial charge in [-0.3, -0.25) is 9.00 Å². The molecule has 2 nitrogen and oxygen atoms in total. The summed E-state index contributed by atoms with van der Waals surface area (Å²) >= 11 is 3.32. The Hall–Kier alpha value is -1.33. The molecule has 0 aliphatic heterocycles. The minimum absolute atomic E-state index is 0.0404. The minimum Gasteiger partial charge on any atom is -0.294 e. The normalized spacial score (nSPS) is 12.1. The van der Waals surface area contributed by atoms with Crippen LogP contribution in [0.25, 0.3) is 0 Å². The smallest absolute Gasteiger partial charge is 0.162 e. The second-order valence-corrected chi connectivity index (χ2v) is 7.02. The number of Topliss-reactive ketones (excluding diaryl/α,β-unsaturated/α-hetero) is 1. The van der Waals surface area contributed by atoms with Crippen LogP contribution in [0.4, 0.5) is 4.39 Å². The third-order valence-corrected chi connectivity index (χ3v) is 4.96. The fraction of sp³-hybridized carbons (Fsp3) is 0.188. The van der Waals surface area contributed by atoms with E-state index in [4.69, 9.17) is 0 Å². The third-order valence-electron chi connectivity index (χ3n) is 2.98. The fourth-order valence-electron chi connectivity index (χ4n) is 1.85. The van der Waals surface area contributed by atoms with E-state index < -0.39 is 10.8 Å². The highest BCUT2D eigenvalue weighted by Gasteiger charge is 2.08. The summed E-state index contributed by atoms with van der Waals surface area (Å²) in [5.41, 5.74) is 0.658. The molecule has 110 valence electrons. The third kappa shape index (κ3) is 4.86. The van der Waals surface area contributed by atoms with Crippen LogP contribution in [0.1, 0.15) is 23.2 Å². The highest BCUT2D eigenvalue weighted by molar-refractivity contribution is 9.10. The van der Waals surface area contributed by atoms with E-state index in [1.807, 2.05) is 12.1 Å². The van der Waals surface area contributed by atoms with Gasteiger partial charge in [0.05, 0.1) is 10.8 Å². The van der Waals surface area contributed by atoms with Gasteiger partial charge in [-0.2, -0.15) is 0 Å². The molecule has 0 N–H and O–H groups in total. The molecule has 0 aliphatic rings. The Bertz CT molecular complexity index is 581. The molecule has 0 saturated carbocycles. The van der Waals surface area contributed by atoms with Gasteiger partial charge in [-0.05, 0) is 42.8 Å². The zero-order valence-electron chi connectivity index (χ0n) is 11.2. The molecule has 5 heteroatoms. The Kier molecular flexibility index (Phi) is 5.82. The van der Waals surface area contributed by atoms with E-state index in [-0.39, 0.29) is 11.6 Å². The van der Waals surface area contributed by atoms with Crippen LogP contribution in [-0.4, -0.2) is 15.7 Å². The van der Waals surface area contributed by atoms with E-state index in [1.54, 1.807) is 12.1 Å². The molecular weight excluding hydrogens is 355 g/mol. The topological polar surface area (TPSA) is 34.1 Å². The standard InChI is InChI=1S/C16H14BrFO2S/c17-13-5-3-12(4-6-13)16(19)2-1-11-21(20)15-9-7-14(18)8-10-15/h3-10H,1-2,11H2. The van der Waals surface area contributed by atoms with Gasteiger partial charge in [0.1, 0.15) is 5.82 Å². The van der Waals surface area contributed by atoms with Gasteiger partial charge in [-0.1, -0.05) is 28.1 Å². The fourth-order valence-corrected chi connectivity index (χ4v) is 3.19. The molecule has 0 aromatic heterocycles. The van der Waals surface area contributed by atoms with Crippen LogP contribution >= 0.6 is 15.9 Å². The molecule has 0 saturated heterocycles. The van der Waals surface area contributed by atoms with Crippen molar-refractivity contribution in [2.75, 3.05) is 5.75 Å². The summed E-state index contributed by atoms with van der Waals surface area (Å²) in [4.78, 5) is 12.5. The van der Waals surface area contributed by atoms with E-state index in [9.17, 15) is 13.4 Å². The Labute approximate surface area is 134 Å². The highest BCUT2D eigenvalue weighted by Crippen LogP contribution is 2.14. The maximum Gasteiger partial charge on any atom is 0.162 e. The van der Waals surface area contributed by atoms with Crippen molar-refractivity contribution in [2.24, 2.45) is 0 Å². The maximum absolute atomic E-state index is 12.8. The summed E-state index contributed by atoms with van der Waals surface area (Å²) in [5, 5.41) is 0. The van der Waals surface area contributed by atoms with Gasteiger partial charge in [0.15, 0.2) is 5.78 Å². The van der Waals surface area contributed by atoms with Crippen molar-refractivity contribution in [1.82, 2.24) is 0 Å². The molecule has 1 unspecified atom stereocenters.